The van der Waals surface area contributed by atoms with Crippen LogP contribution in [0, 0.1) is 34.6 Å². The summed E-state index contributed by atoms with van der Waals surface area (Å²) in [6.07, 6.45) is 4.98. The van der Waals surface area contributed by atoms with Gasteiger partial charge in [-0.05, 0) is 131 Å². The molecule has 0 nitrogen and oxygen atoms in total. The van der Waals surface area contributed by atoms with E-state index in [1.807, 2.05) is 42.5 Å². The van der Waals surface area contributed by atoms with Gasteiger partial charge in [-0.25, -0.2) is 0 Å². The standard InChI is InChI=1S/C21H20.C15H16S.C14H14.C8H10.C7H8/c1-13-9-10-17-18(11-13)21(3,4)19-12-14(2)15-7-5-6-8-16(15)20(17)19;1-5-12-13-9-11(10(3)4)7-8-15(13)16-14(12)6-2;1-11-8-9-14(12(2)10-11)13-6-4-3-5-7-13;1-2-8-6-4-3-5-7-8;1-7-5-3-2-4-6-7/h5-12H,1-4H3;5-10H,1-2H2,3-4H3;3-10H,1-2H3;3-7H,2H2,1H3;2-6H,1H3. The maximum atomic E-state index is 3.90. The first-order chi connectivity index (χ1) is 31.8. The zero-order chi connectivity index (χ0) is 47.4. The summed E-state index contributed by atoms with van der Waals surface area (Å²) in [6.45, 7) is 29.8. The third-order valence-electron chi connectivity index (χ3n) is 12.5. The first-order valence-corrected chi connectivity index (χ1v) is 24.2. The van der Waals surface area contributed by atoms with Gasteiger partial charge in [0.05, 0.1) is 0 Å². The van der Waals surface area contributed by atoms with Crippen LogP contribution < -0.4 is 0 Å². The van der Waals surface area contributed by atoms with Crippen molar-refractivity contribution in [3.63, 3.8) is 0 Å². The van der Waals surface area contributed by atoms with Gasteiger partial charge in [-0.2, -0.15) is 0 Å². The molecule has 1 heterocycles. The first-order valence-electron chi connectivity index (χ1n) is 23.4. The summed E-state index contributed by atoms with van der Waals surface area (Å²) in [5, 5.41) is 4.07. The van der Waals surface area contributed by atoms with Gasteiger partial charge < -0.3 is 0 Å². The molecule has 66 heavy (non-hydrogen) atoms. The summed E-state index contributed by atoms with van der Waals surface area (Å²) in [6, 6.07) is 62.6. The fourth-order valence-electron chi connectivity index (χ4n) is 8.76. The van der Waals surface area contributed by atoms with Crippen molar-refractivity contribution in [2.24, 2.45) is 0 Å². The van der Waals surface area contributed by atoms with Crippen molar-refractivity contribution in [1.29, 1.82) is 0 Å². The summed E-state index contributed by atoms with van der Waals surface area (Å²) in [5.41, 5.74) is 19.2. The van der Waals surface area contributed by atoms with E-state index in [0.717, 1.165) is 6.42 Å². The minimum Gasteiger partial charge on any atom is -0.135 e. The molecule has 1 aromatic heterocycles. The van der Waals surface area contributed by atoms with E-state index in [4.69, 9.17) is 0 Å². The molecule has 0 saturated heterocycles. The second-order valence-corrected chi connectivity index (χ2v) is 19.3. The van der Waals surface area contributed by atoms with E-state index in [1.54, 1.807) is 11.3 Å². The van der Waals surface area contributed by atoms with Gasteiger partial charge >= 0.3 is 0 Å². The van der Waals surface area contributed by atoms with Crippen molar-refractivity contribution < 1.29 is 0 Å². The molecular formula is C65H68S. The number of benzene rings is 8. The van der Waals surface area contributed by atoms with Gasteiger partial charge in [0.2, 0.25) is 0 Å². The molecule has 1 heteroatoms. The van der Waals surface area contributed by atoms with Gasteiger partial charge in [0.1, 0.15) is 0 Å². The van der Waals surface area contributed by atoms with Crippen LogP contribution in [0.1, 0.15) is 101 Å². The van der Waals surface area contributed by atoms with Crippen molar-refractivity contribution >= 4 is 44.3 Å². The van der Waals surface area contributed by atoms with Crippen LogP contribution in [-0.2, 0) is 11.8 Å². The molecule has 1 aliphatic rings. The molecule has 0 spiro atoms. The fraction of sp³-hybridized carbons (Fsp3) is 0.200. The predicted molar refractivity (Wildman–Crippen MR) is 295 cm³/mol. The van der Waals surface area contributed by atoms with Crippen LogP contribution in [0.25, 0.3) is 55.3 Å². The van der Waals surface area contributed by atoms with Gasteiger partial charge in [-0.3, -0.25) is 0 Å². The number of aryl methyl sites for hydroxylation is 6. The Balaban J connectivity index is 0.000000144. The number of hydrogen-bond donors (Lipinski definition) is 0. The van der Waals surface area contributed by atoms with Crippen LogP contribution >= 0.6 is 11.3 Å². The topological polar surface area (TPSA) is 0 Å². The lowest BCUT2D eigenvalue weighted by molar-refractivity contribution is 0.659. The van der Waals surface area contributed by atoms with Crippen LogP contribution in [0.4, 0.5) is 0 Å². The lowest BCUT2D eigenvalue weighted by Gasteiger charge is -2.22. The van der Waals surface area contributed by atoms with Gasteiger partial charge in [0, 0.05) is 20.4 Å². The molecule has 0 amide bonds. The predicted octanol–water partition coefficient (Wildman–Crippen LogP) is 19.3. The van der Waals surface area contributed by atoms with Crippen LogP contribution in [0.15, 0.2) is 189 Å². The molecule has 0 fully saturated rings. The molecule has 0 radical (unpaired) electrons. The third-order valence-corrected chi connectivity index (χ3v) is 13.7. The van der Waals surface area contributed by atoms with Gasteiger partial charge in [-0.15, -0.1) is 11.3 Å². The van der Waals surface area contributed by atoms with Crippen LogP contribution in [0.3, 0.4) is 0 Å². The second kappa shape index (κ2) is 22.6. The highest BCUT2D eigenvalue weighted by Gasteiger charge is 2.36. The highest BCUT2D eigenvalue weighted by atomic mass is 32.1. The molecule has 0 N–H and O–H groups in total. The summed E-state index contributed by atoms with van der Waals surface area (Å²) >= 11 is 1.78. The highest BCUT2D eigenvalue weighted by Crippen LogP contribution is 2.52. The minimum absolute atomic E-state index is 0.0888. The quantitative estimate of drug-likeness (QED) is 0.162. The number of fused-ring (bicyclic) bond motifs is 6. The van der Waals surface area contributed by atoms with E-state index in [0.29, 0.717) is 5.92 Å². The summed E-state index contributed by atoms with van der Waals surface area (Å²) in [4.78, 5) is 1.21. The molecule has 9 aromatic rings. The van der Waals surface area contributed by atoms with E-state index in [-0.39, 0.29) is 5.41 Å². The van der Waals surface area contributed by atoms with Crippen molar-refractivity contribution in [3.05, 3.63) is 250 Å². The zero-order valence-electron chi connectivity index (χ0n) is 41.0. The monoisotopic (exact) mass is 881 g/mol. The Hall–Kier alpha value is -6.54. The molecule has 0 atom stereocenters. The Bertz CT molecular complexity index is 3020. The van der Waals surface area contributed by atoms with Gasteiger partial charge in [-0.1, -0.05) is 240 Å². The average Bonchev–Trinajstić information content (AvgIpc) is 3.80. The molecule has 10 rings (SSSR count). The SMILES string of the molecule is C=Cc1sc2ccc(C(C)C)cc2c1C=C.CCc1ccccc1.Cc1ccc(-c2ccccc2)c(C)c1.Cc1ccc2c(c1)C(C)(C)c1cc(C)c3ccccc3c1-2.Cc1ccccc1. The molecule has 334 valence electrons. The smallest absolute Gasteiger partial charge is 0.0355 e. The molecule has 0 saturated carbocycles. The molecule has 1 aliphatic carbocycles. The Morgan fingerprint density at radius 3 is 1.64 bits per heavy atom. The van der Waals surface area contributed by atoms with E-state index in [1.165, 1.54) is 104 Å². The summed E-state index contributed by atoms with van der Waals surface area (Å²) in [7, 11) is 0. The second-order valence-electron chi connectivity index (χ2n) is 18.2. The van der Waals surface area contributed by atoms with E-state index in [9.17, 15) is 0 Å². The highest BCUT2D eigenvalue weighted by molar-refractivity contribution is 7.20. The van der Waals surface area contributed by atoms with E-state index >= 15 is 0 Å². The van der Waals surface area contributed by atoms with Gasteiger partial charge in [0.15, 0.2) is 0 Å². The third kappa shape index (κ3) is 11.6. The van der Waals surface area contributed by atoms with Gasteiger partial charge in [0.25, 0.3) is 0 Å². The molecule has 0 aliphatic heterocycles. The lowest BCUT2D eigenvalue weighted by Crippen LogP contribution is -2.15. The normalized spacial score (nSPS) is 11.6. The zero-order valence-corrected chi connectivity index (χ0v) is 41.8. The van der Waals surface area contributed by atoms with Crippen molar-refractivity contribution in [1.82, 2.24) is 0 Å². The maximum Gasteiger partial charge on any atom is 0.0355 e. The summed E-state index contributed by atoms with van der Waals surface area (Å²) < 4.78 is 1.31. The average molecular weight is 881 g/mol. The number of thiophene rings is 1. The van der Waals surface area contributed by atoms with Crippen molar-refractivity contribution in [3.8, 4) is 22.3 Å². The molecule has 0 unspecified atom stereocenters. The minimum atomic E-state index is 0.0888. The largest absolute Gasteiger partial charge is 0.135 e. The maximum absolute atomic E-state index is 3.90. The van der Waals surface area contributed by atoms with Crippen molar-refractivity contribution in [2.75, 3.05) is 0 Å². The Labute approximate surface area is 401 Å². The molecular weight excluding hydrogens is 813 g/mol. The number of hydrogen-bond acceptors (Lipinski definition) is 1. The Morgan fingerprint density at radius 1 is 0.515 bits per heavy atom. The van der Waals surface area contributed by atoms with Crippen LogP contribution in [0.5, 0.6) is 0 Å². The van der Waals surface area contributed by atoms with Crippen molar-refractivity contribution in [2.45, 2.75) is 87.0 Å². The number of rotatable bonds is 5. The lowest BCUT2D eigenvalue weighted by atomic mass is 9.81. The van der Waals surface area contributed by atoms with E-state index in [2.05, 4.69) is 228 Å². The molecule has 8 aromatic carbocycles. The Morgan fingerprint density at radius 2 is 1.09 bits per heavy atom. The fourth-order valence-corrected chi connectivity index (χ4v) is 9.79. The van der Waals surface area contributed by atoms with E-state index < -0.39 is 0 Å². The van der Waals surface area contributed by atoms with Crippen LogP contribution in [-0.4, -0.2) is 0 Å². The first kappa shape index (κ1) is 48.9. The summed E-state index contributed by atoms with van der Waals surface area (Å²) in [5.74, 6) is 0.564. The molecule has 0 bridgehead atoms. The Kier molecular flexibility index (Phi) is 16.7. The van der Waals surface area contributed by atoms with Crippen LogP contribution in [0.2, 0.25) is 0 Å².